The Hall–Kier alpha value is -3.19. The van der Waals surface area contributed by atoms with Gasteiger partial charge in [-0.05, 0) is 44.2 Å². The van der Waals surface area contributed by atoms with Crippen LogP contribution in [0.25, 0.3) is 5.69 Å². The molecule has 0 fully saturated rings. The number of esters is 1. The normalized spacial score (nSPS) is 10.6. The van der Waals surface area contributed by atoms with E-state index in [0.717, 1.165) is 5.56 Å². The lowest BCUT2D eigenvalue weighted by molar-refractivity contribution is -0.386. The van der Waals surface area contributed by atoms with Crippen LogP contribution in [0, 0.1) is 24.0 Å². The summed E-state index contributed by atoms with van der Waals surface area (Å²) in [7, 11) is 0. The van der Waals surface area contributed by atoms with E-state index < -0.39 is 10.9 Å². The van der Waals surface area contributed by atoms with Crippen LogP contribution in [0.3, 0.4) is 0 Å². The van der Waals surface area contributed by atoms with Crippen LogP contribution in [0.5, 0.6) is 0 Å². The van der Waals surface area contributed by atoms with Gasteiger partial charge in [-0.3, -0.25) is 10.1 Å². The topological polar surface area (TPSA) is 87.3 Å². The molecule has 0 saturated carbocycles. The largest absolute Gasteiger partial charge is 0.457 e. The average Bonchev–Trinajstić information content (AvgIpc) is 2.95. The molecule has 0 N–H and O–H groups in total. The van der Waals surface area contributed by atoms with Crippen LogP contribution in [-0.4, -0.2) is 20.7 Å². The molecule has 8 heteroatoms. The summed E-state index contributed by atoms with van der Waals surface area (Å²) in [6, 6.07) is 13.6. The Morgan fingerprint density at radius 2 is 1.85 bits per heavy atom. The average molecular weight is 386 g/mol. The summed E-state index contributed by atoms with van der Waals surface area (Å²) in [5.41, 5.74) is 2.44. The van der Waals surface area contributed by atoms with Crippen LogP contribution in [0.4, 0.5) is 5.69 Å². The lowest BCUT2D eigenvalue weighted by Gasteiger charge is -2.08. The number of hydrogen-bond donors (Lipinski definition) is 0. The van der Waals surface area contributed by atoms with Gasteiger partial charge in [-0.25, -0.2) is 9.48 Å². The number of halogens is 1. The molecule has 0 unspecified atom stereocenters. The van der Waals surface area contributed by atoms with Crippen LogP contribution in [-0.2, 0) is 11.3 Å². The summed E-state index contributed by atoms with van der Waals surface area (Å²) in [6.07, 6.45) is 0. The Labute approximate surface area is 160 Å². The van der Waals surface area contributed by atoms with Gasteiger partial charge in [-0.2, -0.15) is 5.10 Å². The smallest absolute Gasteiger partial charge is 0.338 e. The number of nitro groups is 1. The molecule has 138 valence electrons. The molecule has 1 aromatic heterocycles. The van der Waals surface area contributed by atoms with E-state index in [0.29, 0.717) is 27.7 Å². The SMILES string of the molecule is Cc1nn(-c2ccc(C(=O)OCc3ccccc3Cl)cc2)c(C)c1[N+](=O)[O-]. The predicted molar refractivity (Wildman–Crippen MR) is 100 cm³/mol. The first-order valence-electron chi connectivity index (χ1n) is 8.10. The summed E-state index contributed by atoms with van der Waals surface area (Å²) < 4.78 is 6.76. The maximum absolute atomic E-state index is 12.2. The second-order valence-corrected chi connectivity index (χ2v) is 6.31. The zero-order valence-electron chi connectivity index (χ0n) is 14.7. The maximum atomic E-state index is 12.2. The molecule has 0 radical (unpaired) electrons. The van der Waals surface area contributed by atoms with Gasteiger partial charge in [0.2, 0.25) is 0 Å². The van der Waals surface area contributed by atoms with Gasteiger partial charge in [0.25, 0.3) is 0 Å². The van der Waals surface area contributed by atoms with E-state index in [4.69, 9.17) is 16.3 Å². The zero-order chi connectivity index (χ0) is 19.6. The van der Waals surface area contributed by atoms with Crippen LogP contribution >= 0.6 is 11.6 Å². The van der Waals surface area contributed by atoms with Gasteiger partial charge in [-0.15, -0.1) is 0 Å². The van der Waals surface area contributed by atoms with Crippen LogP contribution in [0.1, 0.15) is 27.3 Å². The molecule has 0 spiro atoms. The fourth-order valence-corrected chi connectivity index (χ4v) is 2.92. The second-order valence-electron chi connectivity index (χ2n) is 5.90. The standard InChI is InChI=1S/C19H16ClN3O4/c1-12-18(23(25)26)13(2)22(21-12)16-9-7-14(8-10-16)19(24)27-11-15-5-3-4-6-17(15)20/h3-10H,11H2,1-2H3. The van der Waals surface area contributed by atoms with Gasteiger partial charge >= 0.3 is 11.7 Å². The number of aromatic nitrogens is 2. The zero-order valence-corrected chi connectivity index (χ0v) is 15.4. The molecular weight excluding hydrogens is 370 g/mol. The molecule has 0 amide bonds. The molecule has 0 bridgehead atoms. The summed E-state index contributed by atoms with van der Waals surface area (Å²) in [5, 5.41) is 15.9. The molecule has 0 saturated heterocycles. The van der Waals surface area contributed by atoms with Crippen molar-refractivity contribution >= 4 is 23.3 Å². The fraction of sp³-hybridized carbons (Fsp3) is 0.158. The molecule has 0 aliphatic carbocycles. The van der Waals surface area contributed by atoms with Gasteiger partial charge in [0.05, 0.1) is 16.2 Å². The van der Waals surface area contributed by atoms with Crippen molar-refractivity contribution in [2.45, 2.75) is 20.5 Å². The maximum Gasteiger partial charge on any atom is 0.338 e. The summed E-state index contributed by atoms with van der Waals surface area (Å²) >= 11 is 6.05. The Morgan fingerprint density at radius 3 is 2.44 bits per heavy atom. The van der Waals surface area contributed by atoms with E-state index in [-0.39, 0.29) is 12.3 Å². The number of hydrogen-bond acceptors (Lipinski definition) is 5. The van der Waals surface area contributed by atoms with E-state index >= 15 is 0 Å². The Bertz CT molecular complexity index is 1010. The molecule has 3 rings (SSSR count). The van der Waals surface area contributed by atoms with Crippen molar-refractivity contribution in [2.24, 2.45) is 0 Å². The molecular formula is C19H16ClN3O4. The number of nitrogens with zero attached hydrogens (tertiary/aromatic N) is 3. The summed E-state index contributed by atoms with van der Waals surface area (Å²) in [5.74, 6) is -0.485. The number of carbonyl (C=O) groups is 1. The van der Waals surface area contributed by atoms with Crippen molar-refractivity contribution in [1.82, 2.24) is 9.78 Å². The third-order valence-electron chi connectivity index (χ3n) is 4.10. The third-order valence-corrected chi connectivity index (χ3v) is 4.47. The van der Waals surface area contributed by atoms with Gasteiger partial charge in [-0.1, -0.05) is 29.8 Å². The van der Waals surface area contributed by atoms with Crippen molar-refractivity contribution in [3.05, 3.63) is 86.2 Å². The minimum atomic E-state index is -0.485. The Kier molecular flexibility index (Phi) is 5.23. The van der Waals surface area contributed by atoms with Crippen molar-refractivity contribution in [3.63, 3.8) is 0 Å². The van der Waals surface area contributed by atoms with Crippen molar-refractivity contribution in [1.29, 1.82) is 0 Å². The van der Waals surface area contributed by atoms with Crippen molar-refractivity contribution in [3.8, 4) is 5.69 Å². The number of carbonyl (C=O) groups excluding carboxylic acids is 1. The van der Waals surface area contributed by atoms with Crippen molar-refractivity contribution < 1.29 is 14.5 Å². The lowest BCUT2D eigenvalue weighted by Crippen LogP contribution is -2.06. The summed E-state index contributed by atoms with van der Waals surface area (Å²) in [4.78, 5) is 22.9. The van der Waals surface area contributed by atoms with E-state index in [1.165, 1.54) is 4.68 Å². The van der Waals surface area contributed by atoms with Gasteiger partial charge in [0.1, 0.15) is 18.0 Å². The molecule has 1 heterocycles. The van der Waals surface area contributed by atoms with E-state index in [1.807, 2.05) is 6.07 Å². The molecule has 7 nitrogen and oxygen atoms in total. The first kappa shape index (κ1) is 18.6. The van der Waals surface area contributed by atoms with Crippen molar-refractivity contribution in [2.75, 3.05) is 0 Å². The quantitative estimate of drug-likeness (QED) is 0.369. The fourth-order valence-electron chi connectivity index (χ4n) is 2.73. The number of ether oxygens (including phenoxy) is 1. The minimum absolute atomic E-state index is 0.0155. The Balaban J connectivity index is 1.76. The number of benzene rings is 2. The first-order valence-corrected chi connectivity index (χ1v) is 8.48. The highest BCUT2D eigenvalue weighted by atomic mass is 35.5. The molecule has 3 aromatic rings. The minimum Gasteiger partial charge on any atom is -0.457 e. The van der Waals surface area contributed by atoms with Crippen LogP contribution in [0.15, 0.2) is 48.5 Å². The van der Waals surface area contributed by atoms with E-state index in [2.05, 4.69) is 5.10 Å². The molecule has 0 aliphatic rings. The number of aryl methyl sites for hydroxylation is 1. The number of rotatable bonds is 5. The molecule has 2 aromatic carbocycles. The van der Waals surface area contributed by atoms with Crippen LogP contribution in [0.2, 0.25) is 5.02 Å². The van der Waals surface area contributed by atoms with E-state index in [1.54, 1.807) is 56.3 Å². The summed E-state index contributed by atoms with van der Waals surface area (Å²) in [6.45, 7) is 3.29. The highest BCUT2D eigenvalue weighted by molar-refractivity contribution is 6.31. The van der Waals surface area contributed by atoms with Gasteiger partial charge < -0.3 is 4.74 Å². The highest BCUT2D eigenvalue weighted by Gasteiger charge is 2.22. The highest BCUT2D eigenvalue weighted by Crippen LogP contribution is 2.25. The monoisotopic (exact) mass is 385 g/mol. The lowest BCUT2D eigenvalue weighted by atomic mass is 10.2. The second kappa shape index (κ2) is 7.59. The van der Waals surface area contributed by atoms with Crippen LogP contribution < -0.4 is 0 Å². The molecule has 0 aliphatic heterocycles. The van der Waals surface area contributed by atoms with E-state index in [9.17, 15) is 14.9 Å². The van der Waals surface area contributed by atoms with Gasteiger partial charge in [0.15, 0.2) is 0 Å². The van der Waals surface area contributed by atoms with Gasteiger partial charge in [0, 0.05) is 10.6 Å². The Morgan fingerprint density at radius 1 is 1.19 bits per heavy atom. The first-order chi connectivity index (χ1) is 12.9. The molecule has 27 heavy (non-hydrogen) atoms. The predicted octanol–water partition coefficient (Wildman–Crippen LogP) is 4.41. The molecule has 0 atom stereocenters. The third kappa shape index (κ3) is 3.83.